The summed E-state index contributed by atoms with van der Waals surface area (Å²) in [4.78, 5) is 7.02. The van der Waals surface area contributed by atoms with Gasteiger partial charge in [0.1, 0.15) is 0 Å². The van der Waals surface area contributed by atoms with E-state index in [0.717, 1.165) is 43.3 Å². The summed E-state index contributed by atoms with van der Waals surface area (Å²) in [5.74, 6) is 0.623. The molecule has 100 valence electrons. The van der Waals surface area contributed by atoms with E-state index in [4.69, 9.17) is 21.3 Å². The molecule has 2 aromatic heterocycles. The molecule has 6 heteroatoms. The van der Waals surface area contributed by atoms with Crippen LogP contribution in [-0.2, 0) is 4.74 Å². The van der Waals surface area contributed by atoms with E-state index >= 15 is 0 Å². The molecule has 0 amide bonds. The molecule has 3 heterocycles. The Morgan fingerprint density at radius 2 is 2.05 bits per heavy atom. The van der Waals surface area contributed by atoms with E-state index in [2.05, 4.69) is 10.00 Å². The molecule has 1 aliphatic carbocycles. The summed E-state index contributed by atoms with van der Waals surface area (Å²) in [6, 6.07) is 1.91. The van der Waals surface area contributed by atoms with Crippen LogP contribution in [0.2, 0.25) is 5.15 Å². The number of aromatic nitrogens is 3. The van der Waals surface area contributed by atoms with Gasteiger partial charge in [0.05, 0.1) is 30.8 Å². The first kappa shape index (κ1) is 11.5. The number of morpholine rings is 1. The molecule has 0 spiro atoms. The second-order valence-electron chi connectivity index (χ2n) is 5.16. The van der Waals surface area contributed by atoms with Crippen molar-refractivity contribution in [3.8, 4) is 0 Å². The van der Waals surface area contributed by atoms with Crippen LogP contribution in [0.3, 0.4) is 0 Å². The average Bonchev–Trinajstić information content (AvgIpc) is 3.19. The smallest absolute Gasteiger partial charge is 0.177 e. The summed E-state index contributed by atoms with van der Waals surface area (Å²) < 4.78 is 7.22. The fraction of sp³-hybridized carbons (Fsp3) is 0.538. The van der Waals surface area contributed by atoms with Gasteiger partial charge >= 0.3 is 0 Å². The molecule has 0 N–H and O–H groups in total. The quantitative estimate of drug-likeness (QED) is 0.844. The van der Waals surface area contributed by atoms with Crippen LogP contribution in [0.25, 0.3) is 5.65 Å². The summed E-state index contributed by atoms with van der Waals surface area (Å²) in [6.07, 6.45) is 4.50. The van der Waals surface area contributed by atoms with Crippen LogP contribution >= 0.6 is 11.6 Å². The van der Waals surface area contributed by atoms with Crippen molar-refractivity contribution in [3.05, 3.63) is 23.1 Å². The fourth-order valence-electron chi connectivity index (χ4n) is 2.56. The maximum Gasteiger partial charge on any atom is 0.177 e. The van der Waals surface area contributed by atoms with Crippen molar-refractivity contribution in [1.82, 2.24) is 14.6 Å². The van der Waals surface area contributed by atoms with Crippen LogP contribution in [0.15, 0.2) is 12.3 Å². The number of rotatable bonds is 2. The lowest BCUT2D eigenvalue weighted by molar-refractivity contribution is 0.123. The Bertz CT molecular complexity index is 616. The van der Waals surface area contributed by atoms with Gasteiger partial charge in [0.15, 0.2) is 10.8 Å². The first-order valence-electron chi connectivity index (χ1n) is 6.70. The number of hydrogen-bond donors (Lipinski definition) is 0. The number of imidazole rings is 1. The first-order chi connectivity index (χ1) is 9.31. The molecule has 0 unspecified atom stereocenters. The van der Waals surface area contributed by atoms with Crippen molar-refractivity contribution < 1.29 is 4.74 Å². The number of nitrogens with zero attached hydrogens (tertiary/aromatic N) is 4. The molecule has 1 saturated carbocycles. The highest BCUT2D eigenvalue weighted by Gasteiger charge is 2.27. The Morgan fingerprint density at radius 1 is 1.26 bits per heavy atom. The Hall–Kier alpha value is -1.33. The average molecular weight is 279 g/mol. The third kappa shape index (κ3) is 2.07. The Kier molecular flexibility index (Phi) is 2.63. The number of ether oxygens (including phenoxy) is 1. The summed E-state index contributed by atoms with van der Waals surface area (Å²) >= 11 is 6.13. The third-order valence-corrected chi connectivity index (χ3v) is 3.93. The molecule has 0 atom stereocenters. The third-order valence-electron chi connectivity index (χ3n) is 3.74. The van der Waals surface area contributed by atoms with Gasteiger partial charge in [-0.15, -0.1) is 0 Å². The van der Waals surface area contributed by atoms with E-state index in [1.807, 2.05) is 16.8 Å². The van der Waals surface area contributed by atoms with E-state index in [-0.39, 0.29) is 0 Å². The maximum absolute atomic E-state index is 6.13. The van der Waals surface area contributed by atoms with Gasteiger partial charge in [0.25, 0.3) is 0 Å². The van der Waals surface area contributed by atoms with Crippen molar-refractivity contribution in [1.29, 1.82) is 0 Å². The van der Waals surface area contributed by atoms with Crippen LogP contribution in [0.5, 0.6) is 0 Å². The van der Waals surface area contributed by atoms with Gasteiger partial charge < -0.3 is 9.64 Å². The predicted octanol–water partition coefficient (Wildman–Crippen LogP) is 2.10. The van der Waals surface area contributed by atoms with E-state index < -0.39 is 0 Å². The SMILES string of the molecule is Clc1cc(N2CCOCC2)c2nc(C3CC3)cn2n1. The Morgan fingerprint density at radius 3 is 2.79 bits per heavy atom. The normalized spacial score (nSPS) is 20.2. The van der Waals surface area contributed by atoms with Crippen molar-refractivity contribution in [2.75, 3.05) is 31.2 Å². The summed E-state index contributed by atoms with van der Waals surface area (Å²) in [5.41, 5.74) is 3.12. The molecule has 1 saturated heterocycles. The Labute approximate surface area is 116 Å². The molecular formula is C13H15ClN4O. The zero-order valence-corrected chi connectivity index (χ0v) is 11.3. The van der Waals surface area contributed by atoms with Crippen LogP contribution < -0.4 is 4.90 Å². The molecular weight excluding hydrogens is 264 g/mol. The molecule has 2 aliphatic rings. The minimum absolute atomic E-state index is 0.508. The maximum atomic E-state index is 6.13. The van der Waals surface area contributed by atoms with Crippen molar-refractivity contribution in [2.45, 2.75) is 18.8 Å². The molecule has 0 bridgehead atoms. The van der Waals surface area contributed by atoms with Gasteiger partial charge in [0, 0.05) is 25.1 Å². The zero-order chi connectivity index (χ0) is 12.8. The van der Waals surface area contributed by atoms with Gasteiger partial charge in [0.2, 0.25) is 0 Å². The lowest BCUT2D eigenvalue weighted by atomic mass is 10.3. The minimum Gasteiger partial charge on any atom is -0.378 e. The van der Waals surface area contributed by atoms with E-state index in [1.54, 1.807) is 0 Å². The van der Waals surface area contributed by atoms with E-state index in [1.165, 1.54) is 12.8 Å². The second kappa shape index (κ2) is 4.35. The van der Waals surface area contributed by atoms with Crippen LogP contribution in [0.1, 0.15) is 24.5 Å². The lowest BCUT2D eigenvalue weighted by Gasteiger charge is -2.28. The highest BCUT2D eigenvalue weighted by molar-refractivity contribution is 6.29. The predicted molar refractivity (Wildman–Crippen MR) is 73.0 cm³/mol. The second-order valence-corrected chi connectivity index (χ2v) is 5.55. The van der Waals surface area contributed by atoms with Crippen LogP contribution in [0, 0.1) is 0 Å². The highest BCUT2D eigenvalue weighted by atomic mass is 35.5. The van der Waals surface area contributed by atoms with E-state index in [0.29, 0.717) is 11.1 Å². The number of fused-ring (bicyclic) bond motifs is 1. The summed E-state index contributed by atoms with van der Waals surface area (Å²) in [6.45, 7) is 3.26. The van der Waals surface area contributed by atoms with Crippen molar-refractivity contribution in [3.63, 3.8) is 0 Å². The van der Waals surface area contributed by atoms with Gasteiger partial charge in [-0.3, -0.25) is 0 Å². The Balaban J connectivity index is 1.82. The molecule has 19 heavy (non-hydrogen) atoms. The molecule has 0 radical (unpaired) electrons. The highest BCUT2D eigenvalue weighted by Crippen LogP contribution is 2.40. The van der Waals surface area contributed by atoms with Crippen LogP contribution in [-0.4, -0.2) is 40.9 Å². The monoisotopic (exact) mass is 278 g/mol. The molecule has 2 aromatic rings. The first-order valence-corrected chi connectivity index (χ1v) is 7.07. The number of hydrogen-bond acceptors (Lipinski definition) is 4. The summed E-state index contributed by atoms with van der Waals surface area (Å²) in [7, 11) is 0. The molecule has 5 nitrogen and oxygen atoms in total. The van der Waals surface area contributed by atoms with Gasteiger partial charge in [-0.05, 0) is 12.8 Å². The topological polar surface area (TPSA) is 42.7 Å². The molecule has 2 fully saturated rings. The van der Waals surface area contributed by atoms with Crippen LogP contribution in [0.4, 0.5) is 5.69 Å². The summed E-state index contributed by atoms with van der Waals surface area (Å²) in [5, 5.41) is 4.83. The fourth-order valence-corrected chi connectivity index (χ4v) is 2.75. The zero-order valence-electron chi connectivity index (χ0n) is 10.5. The molecule has 4 rings (SSSR count). The number of anilines is 1. The standard InChI is InChI=1S/C13H15ClN4O/c14-12-7-11(17-3-5-19-6-4-17)13-15-10(9-1-2-9)8-18(13)16-12/h7-9H,1-6H2. The minimum atomic E-state index is 0.508. The van der Waals surface area contributed by atoms with Crippen molar-refractivity contribution >= 4 is 22.9 Å². The van der Waals surface area contributed by atoms with E-state index in [9.17, 15) is 0 Å². The van der Waals surface area contributed by atoms with Gasteiger partial charge in [-0.1, -0.05) is 11.6 Å². The lowest BCUT2D eigenvalue weighted by Crippen LogP contribution is -2.36. The molecule has 0 aromatic carbocycles. The van der Waals surface area contributed by atoms with Crippen molar-refractivity contribution in [2.24, 2.45) is 0 Å². The van der Waals surface area contributed by atoms with Gasteiger partial charge in [-0.2, -0.15) is 5.10 Å². The number of halogens is 1. The molecule has 1 aliphatic heterocycles. The van der Waals surface area contributed by atoms with Gasteiger partial charge in [-0.25, -0.2) is 9.50 Å². The largest absolute Gasteiger partial charge is 0.378 e.